The summed E-state index contributed by atoms with van der Waals surface area (Å²) in [5.74, 6) is 0.429. The van der Waals surface area contributed by atoms with E-state index < -0.39 is 0 Å². The van der Waals surface area contributed by atoms with E-state index in [1.807, 2.05) is 12.1 Å². The molecule has 0 saturated heterocycles. The van der Waals surface area contributed by atoms with Crippen molar-refractivity contribution in [1.82, 2.24) is 10.1 Å². The maximum atomic E-state index is 12.8. The molecule has 0 bridgehead atoms. The van der Waals surface area contributed by atoms with Gasteiger partial charge in [-0.25, -0.2) is 4.39 Å². The van der Waals surface area contributed by atoms with E-state index >= 15 is 0 Å². The van der Waals surface area contributed by atoms with Crippen LogP contribution in [0, 0.1) is 5.82 Å². The Hall–Kier alpha value is -2.20. The molecule has 3 aromatic rings. The summed E-state index contributed by atoms with van der Waals surface area (Å²) in [4.78, 5) is 4.26. The van der Waals surface area contributed by atoms with Crippen molar-refractivity contribution in [2.24, 2.45) is 0 Å². The van der Waals surface area contributed by atoms with Crippen LogP contribution in [0.15, 0.2) is 53.1 Å². The highest BCUT2D eigenvalue weighted by molar-refractivity contribution is 6.33. The lowest BCUT2D eigenvalue weighted by molar-refractivity contribution is 0.432. The molecule has 3 rings (SSSR count). The number of benzene rings is 2. The minimum Gasteiger partial charge on any atom is -0.334 e. The minimum atomic E-state index is -0.307. The molecule has 0 atom stereocenters. The monoisotopic (exact) mass is 274 g/mol. The van der Waals surface area contributed by atoms with Gasteiger partial charge in [-0.15, -0.1) is 0 Å². The van der Waals surface area contributed by atoms with Crippen LogP contribution in [0.4, 0.5) is 4.39 Å². The average molecular weight is 275 g/mol. The number of aromatic nitrogens is 2. The molecule has 2 aromatic carbocycles. The van der Waals surface area contributed by atoms with Crippen molar-refractivity contribution in [2.75, 3.05) is 0 Å². The Labute approximate surface area is 113 Å². The van der Waals surface area contributed by atoms with Crippen molar-refractivity contribution >= 4 is 11.6 Å². The second kappa shape index (κ2) is 4.82. The van der Waals surface area contributed by atoms with Crippen LogP contribution in [0.25, 0.3) is 22.8 Å². The second-order valence-corrected chi connectivity index (χ2v) is 4.32. The highest BCUT2D eigenvalue weighted by Crippen LogP contribution is 2.27. The van der Waals surface area contributed by atoms with Crippen LogP contribution in [-0.2, 0) is 0 Å². The van der Waals surface area contributed by atoms with E-state index in [0.29, 0.717) is 27.9 Å². The van der Waals surface area contributed by atoms with Crippen LogP contribution in [0.3, 0.4) is 0 Å². The van der Waals surface area contributed by atoms with Crippen molar-refractivity contribution in [2.45, 2.75) is 0 Å². The third kappa shape index (κ3) is 2.35. The summed E-state index contributed by atoms with van der Waals surface area (Å²) in [7, 11) is 0. The second-order valence-electron chi connectivity index (χ2n) is 3.91. The zero-order valence-electron chi connectivity index (χ0n) is 9.68. The van der Waals surface area contributed by atoms with Crippen molar-refractivity contribution in [3.05, 3.63) is 59.4 Å². The fourth-order valence-corrected chi connectivity index (χ4v) is 1.90. The normalized spacial score (nSPS) is 10.6. The Bertz CT molecular complexity index is 709. The molecule has 0 N–H and O–H groups in total. The molecule has 5 heteroatoms. The quantitative estimate of drug-likeness (QED) is 0.703. The van der Waals surface area contributed by atoms with Crippen LogP contribution in [0.5, 0.6) is 0 Å². The molecule has 0 spiro atoms. The number of nitrogens with zero attached hydrogens (tertiary/aromatic N) is 2. The summed E-state index contributed by atoms with van der Waals surface area (Å²) in [6.07, 6.45) is 0. The van der Waals surface area contributed by atoms with Gasteiger partial charge in [0.1, 0.15) is 5.82 Å². The first-order valence-electron chi connectivity index (χ1n) is 5.58. The van der Waals surface area contributed by atoms with E-state index in [0.717, 1.165) is 0 Å². The van der Waals surface area contributed by atoms with Gasteiger partial charge >= 0.3 is 0 Å². The Balaban J connectivity index is 2.00. The number of halogens is 2. The van der Waals surface area contributed by atoms with E-state index in [9.17, 15) is 4.39 Å². The third-order valence-corrected chi connectivity index (χ3v) is 2.96. The zero-order valence-corrected chi connectivity index (χ0v) is 10.4. The first-order valence-corrected chi connectivity index (χ1v) is 5.96. The Morgan fingerprint density at radius 3 is 2.47 bits per heavy atom. The molecule has 0 saturated carbocycles. The van der Waals surface area contributed by atoms with Gasteiger partial charge in [0, 0.05) is 5.56 Å². The van der Waals surface area contributed by atoms with Crippen LogP contribution in [0.2, 0.25) is 5.02 Å². The van der Waals surface area contributed by atoms with Gasteiger partial charge in [0.2, 0.25) is 5.82 Å². The molecule has 3 nitrogen and oxygen atoms in total. The zero-order chi connectivity index (χ0) is 13.2. The van der Waals surface area contributed by atoms with Crippen LogP contribution in [0.1, 0.15) is 0 Å². The van der Waals surface area contributed by atoms with E-state index in [1.165, 1.54) is 12.1 Å². The van der Waals surface area contributed by atoms with Gasteiger partial charge < -0.3 is 4.52 Å². The summed E-state index contributed by atoms with van der Waals surface area (Å²) >= 11 is 6.06. The molecular weight excluding hydrogens is 267 g/mol. The summed E-state index contributed by atoms with van der Waals surface area (Å²) in [6.45, 7) is 0. The third-order valence-electron chi connectivity index (χ3n) is 2.63. The number of rotatable bonds is 2. The fraction of sp³-hybridized carbons (Fsp3) is 0. The Morgan fingerprint density at radius 2 is 1.74 bits per heavy atom. The molecule has 0 unspecified atom stereocenters. The average Bonchev–Trinajstić information content (AvgIpc) is 2.89. The molecule has 0 aliphatic heterocycles. The maximum absolute atomic E-state index is 12.8. The lowest BCUT2D eigenvalue weighted by Crippen LogP contribution is -1.82. The van der Waals surface area contributed by atoms with Gasteiger partial charge in [-0.1, -0.05) is 28.9 Å². The largest absolute Gasteiger partial charge is 0.334 e. The van der Waals surface area contributed by atoms with Crippen molar-refractivity contribution < 1.29 is 8.91 Å². The molecule has 19 heavy (non-hydrogen) atoms. The molecule has 0 aliphatic carbocycles. The van der Waals surface area contributed by atoms with Crippen molar-refractivity contribution in [3.63, 3.8) is 0 Å². The summed E-state index contributed by atoms with van der Waals surface area (Å²) in [5, 5.41) is 4.41. The molecule has 1 aromatic heterocycles. The topological polar surface area (TPSA) is 38.9 Å². The minimum absolute atomic E-state index is 0.307. The standard InChI is InChI=1S/C14H8ClFN2O/c15-12-4-2-1-3-11(12)14-17-13(18-19-14)9-5-7-10(16)8-6-9/h1-8H. The van der Waals surface area contributed by atoms with Gasteiger partial charge in [0.25, 0.3) is 5.89 Å². The molecule has 1 heterocycles. The Kier molecular flexibility index (Phi) is 3.01. The first-order chi connectivity index (χ1) is 9.24. The lowest BCUT2D eigenvalue weighted by atomic mass is 10.2. The van der Waals surface area contributed by atoms with E-state index in [4.69, 9.17) is 16.1 Å². The van der Waals surface area contributed by atoms with Gasteiger partial charge in [0.05, 0.1) is 10.6 Å². The van der Waals surface area contributed by atoms with Crippen LogP contribution >= 0.6 is 11.6 Å². The molecule has 0 aliphatic rings. The van der Waals surface area contributed by atoms with E-state index in [1.54, 1.807) is 24.3 Å². The van der Waals surface area contributed by atoms with Crippen LogP contribution in [-0.4, -0.2) is 10.1 Å². The fourth-order valence-electron chi connectivity index (χ4n) is 1.68. The van der Waals surface area contributed by atoms with Gasteiger partial charge in [-0.05, 0) is 36.4 Å². The SMILES string of the molecule is Fc1ccc(-c2noc(-c3ccccc3Cl)n2)cc1. The summed E-state index contributed by atoms with van der Waals surface area (Å²) < 4.78 is 18.0. The highest BCUT2D eigenvalue weighted by atomic mass is 35.5. The summed E-state index contributed by atoms with van der Waals surface area (Å²) in [6, 6.07) is 13.1. The highest BCUT2D eigenvalue weighted by Gasteiger charge is 2.12. The van der Waals surface area contributed by atoms with Crippen LogP contribution < -0.4 is 0 Å². The summed E-state index contributed by atoms with van der Waals surface area (Å²) in [5.41, 5.74) is 1.36. The molecule has 0 fully saturated rings. The van der Waals surface area contributed by atoms with E-state index in [-0.39, 0.29) is 5.82 Å². The van der Waals surface area contributed by atoms with Gasteiger partial charge in [-0.2, -0.15) is 4.98 Å². The predicted molar refractivity (Wildman–Crippen MR) is 70.1 cm³/mol. The Morgan fingerprint density at radius 1 is 1.00 bits per heavy atom. The first kappa shape index (κ1) is 11.9. The van der Waals surface area contributed by atoms with E-state index in [2.05, 4.69) is 10.1 Å². The molecule has 0 amide bonds. The smallest absolute Gasteiger partial charge is 0.259 e. The van der Waals surface area contributed by atoms with Crippen molar-refractivity contribution in [3.8, 4) is 22.8 Å². The molecule has 94 valence electrons. The number of hydrogen-bond acceptors (Lipinski definition) is 3. The molecular formula is C14H8ClFN2O. The number of hydrogen-bond donors (Lipinski definition) is 0. The molecule has 0 radical (unpaired) electrons. The van der Waals surface area contributed by atoms with Gasteiger partial charge in [0.15, 0.2) is 0 Å². The predicted octanol–water partition coefficient (Wildman–Crippen LogP) is 4.20. The lowest BCUT2D eigenvalue weighted by Gasteiger charge is -1.96. The maximum Gasteiger partial charge on any atom is 0.259 e. The van der Waals surface area contributed by atoms with Gasteiger partial charge in [-0.3, -0.25) is 0 Å². The van der Waals surface area contributed by atoms with Crippen molar-refractivity contribution in [1.29, 1.82) is 0 Å².